The van der Waals surface area contributed by atoms with Crippen molar-refractivity contribution in [3.63, 3.8) is 0 Å². The first-order chi connectivity index (χ1) is 13.2. The Morgan fingerprint density at radius 1 is 0.357 bits per heavy atom. The molecule has 0 unspecified atom stereocenters. The van der Waals surface area contributed by atoms with E-state index in [-0.39, 0.29) is 12.4 Å². The van der Waals surface area contributed by atoms with Crippen molar-refractivity contribution >= 4 is 0 Å². The van der Waals surface area contributed by atoms with Crippen molar-refractivity contribution in [2.75, 3.05) is 26.2 Å². The van der Waals surface area contributed by atoms with Crippen LogP contribution in [0, 0.1) is 0 Å². The third-order valence-electron chi connectivity index (χ3n) is 6.81. The van der Waals surface area contributed by atoms with Crippen LogP contribution in [0.15, 0.2) is 0 Å². The normalized spacial score (nSPS) is 11.6. The molecule has 0 saturated heterocycles. The second-order valence-corrected chi connectivity index (χ2v) is 9.08. The summed E-state index contributed by atoms with van der Waals surface area (Å²) < 4.78 is 1.38. The molecule has 0 aliphatic carbocycles. The lowest BCUT2D eigenvalue weighted by molar-refractivity contribution is -0.925. The van der Waals surface area contributed by atoms with Crippen LogP contribution in [-0.4, -0.2) is 30.7 Å². The first-order valence-corrected chi connectivity index (χ1v) is 13.1. The first-order valence-electron chi connectivity index (χ1n) is 13.1. The van der Waals surface area contributed by atoms with E-state index in [4.69, 9.17) is 0 Å². The van der Waals surface area contributed by atoms with Crippen LogP contribution < -0.4 is 12.4 Å². The number of unbranched alkanes of at least 4 members (excludes halogenated alkanes) is 16. The summed E-state index contributed by atoms with van der Waals surface area (Å²) in [5.74, 6) is 0. The van der Waals surface area contributed by atoms with Crippen LogP contribution in [0.25, 0.3) is 0 Å². The summed E-state index contributed by atoms with van der Waals surface area (Å²) in [6, 6.07) is 0. The standard InChI is InChI=1S/C26H56N.ClH/c1-5-9-11-13-15-17-19-21-23-25-27(7-3,8-4)26-24-22-20-18-16-14-12-10-6-2;/h5-26H2,1-4H3;1H/q+1;/p-1. The Labute approximate surface area is 186 Å². The molecule has 0 aromatic rings. The van der Waals surface area contributed by atoms with Crippen LogP contribution in [0.2, 0.25) is 0 Å². The lowest BCUT2D eigenvalue weighted by atomic mass is 10.1. The number of rotatable bonds is 22. The first kappa shape index (κ1) is 30.4. The van der Waals surface area contributed by atoms with E-state index in [2.05, 4.69) is 27.7 Å². The minimum Gasteiger partial charge on any atom is -1.00 e. The monoisotopic (exact) mass is 417 g/mol. The van der Waals surface area contributed by atoms with Gasteiger partial charge in [-0.2, -0.15) is 0 Å². The summed E-state index contributed by atoms with van der Waals surface area (Å²) in [5, 5.41) is 0. The molecule has 0 aliphatic rings. The lowest BCUT2D eigenvalue weighted by Gasteiger charge is -2.37. The highest BCUT2D eigenvalue weighted by molar-refractivity contribution is 4.51. The van der Waals surface area contributed by atoms with Crippen molar-refractivity contribution in [2.24, 2.45) is 0 Å². The van der Waals surface area contributed by atoms with Gasteiger partial charge in [0.05, 0.1) is 26.2 Å². The van der Waals surface area contributed by atoms with Gasteiger partial charge in [0.2, 0.25) is 0 Å². The summed E-state index contributed by atoms with van der Waals surface area (Å²) in [7, 11) is 0. The average molecular weight is 418 g/mol. The molecule has 28 heavy (non-hydrogen) atoms. The molecule has 0 aromatic heterocycles. The van der Waals surface area contributed by atoms with E-state index >= 15 is 0 Å². The molecule has 0 N–H and O–H groups in total. The largest absolute Gasteiger partial charge is 1.00 e. The fraction of sp³-hybridized carbons (Fsp3) is 1.00. The van der Waals surface area contributed by atoms with Crippen molar-refractivity contribution < 1.29 is 16.9 Å². The van der Waals surface area contributed by atoms with Gasteiger partial charge in [-0.1, -0.05) is 104 Å². The SMILES string of the molecule is CCCCCCCCCCC[N+](CC)(CC)CCCCCCCCCCC.[Cl-]. The number of nitrogens with zero attached hydrogens (tertiary/aromatic N) is 1. The molecule has 0 amide bonds. The smallest absolute Gasteiger partial charge is 0.0786 e. The molecule has 0 fully saturated rings. The van der Waals surface area contributed by atoms with Crippen molar-refractivity contribution in [1.29, 1.82) is 0 Å². The maximum atomic E-state index is 2.42. The number of quaternary nitrogens is 1. The van der Waals surface area contributed by atoms with Gasteiger partial charge < -0.3 is 16.9 Å². The number of hydrogen-bond acceptors (Lipinski definition) is 0. The van der Waals surface area contributed by atoms with Crippen LogP contribution in [0.4, 0.5) is 0 Å². The van der Waals surface area contributed by atoms with Crippen molar-refractivity contribution in [3.05, 3.63) is 0 Å². The van der Waals surface area contributed by atoms with Crippen molar-refractivity contribution in [1.82, 2.24) is 0 Å². The predicted octanol–water partition coefficient (Wildman–Crippen LogP) is 5.91. The summed E-state index contributed by atoms with van der Waals surface area (Å²) >= 11 is 0. The quantitative estimate of drug-likeness (QED) is 0.152. The Morgan fingerprint density at radius 2 is 0.607 bits per heavy atom. The molecule has 1 nitrogen and oxygen atoms in total. The molecule has 2 heteroatoms. The van der Waals surface area contributed by atoms with Gasteiger partial charge in [0.1, 0.15) is 0 Å². The second kappa shape index (κ2) is 23.5. The van der Waals surface area contributed by atoms with Crippen LogP contribution >= 0.6 is 0 Å². The van der Waals surface area contributed by atoms with E-state index in [0.29, 0.717) is 0 Å². The predicted molar refractivity (Wildman–Crippen MR) is 126 cm³/mol. The Bertz CT molecular complexity index is 252. The molecule has 0 bridgehead atoms. The maximum absolute atomic E-state index is 2.42. The van der Waals surface area contributed by atoms with Gasteiger partial charge in [-0.05, 0) is 39.5 Å². The number of halogens is 1. The fourth-order valence-corrected chi connectivity index (χ4v) is 4.48. The van der Waals surface area contributed by atoms with Crippen molar-refractivity contribution in [2.45, 2.75) is 143 Å². The summed E-state index contributed by atoms with van der Waals surface area (Å²) in [6.07, 6.45) is 26.1. The van der Waals surface area contributed by atoms with E-state index in [1.54, 1.807) is 0 Å². The summed E-state index contributed by atoms with van der Waals surface area (Å²) in [5.41, 5.74) is 0. The highest BCUT2D eigenvalue weighted by Gasteiger charge is 2.21. The van der Waals surface area contributed by atoms with E-state index in [1.807, 2.05) is 0 Å². The van der Waals surface area contributed by atoms with Crippen LogP contribution in [-0.2, 0) is 0 Å². The minimum absolute atomic E-state index is 0. The molecule has 0 saturated carbocycles. The molecular formula is C26H56ClN. The Balaban J connectivity index is 0. The van der Waals surface area contributed by atoms with Crippen LogP contribution in [0.3, 0.4) is 0 Å². The fourth-order valence-electron chi connectivity index (χ4n) is 4.48. The van der Waals surface area contributed by atoms with Gasteiger partial charge in [-0.25, -0.2) is 0 Å². The minimum atomic E-state index is 0. The zero-order valence-electron chi connectivity index (χ0n) is 20.4. The third-order valence-corrected chi connectivity index (χ3v) is 6.81. The molecule has 0 atom stereocenters. The topological polar surface area (TPSA) is 0 Å². The Morgan fingerprint density at radius 3 is 0.857 bits per heavy atom. The van der Waals surface area contributed by atoms with Gasteiger partial charge in [-0.3, -0.25) is 0 Å². The molecule has 0 radical (unpaired) electrons. The van der Waals surface area contributed by atoms with E-state index < -0.39 is 0 Å². The lowest BCUT2D eigenvalue weighted by Crippen LogP contribution is -3.00. The van der Waals surface area contributed by atoms with Gasteiger partial charge >= 0.3 is 0 Å². The van der Waals surface area contributed by atoms with Gasteiger partial charge in [-0.15, -0.1) is 0 Å². The highest BCUT2D eigenvalue weighted by Crippen LogP contribution is 2.16. The van der Waals surface area contributed by atoms with E-state index in [1.165, 1.54) is 146 Å². The molecule has 172 valence electrons. The molecule has 0 spiro atoms. The van der Waals surface area contributed by atoms with Crippen LogP contribution in [0.1, 0.15) is 143 Å². The van der Waals surface area contributed by atoms with E-state index in [9.17, 15) is 0 Å². The van der Waals surface area contributed by atoms with Gasteiger partial charge in [0.15, 0.2) is 0 Å². The highest BCUT2D eigenvalue weighted by atomic mass is 35.5. The molecule has 0 rings (SSSR count). The maximum Gasteiger partial charge on any atom is 0.0786 e. The van der Waals surface area contributed by atoms with Crippen LogP contribution in [0.5, 0.6) is 0 Å². The Kier molecular flexibility index (Phi) is 25.6. The van der Waals surface area contributed by atoms with Gasteiger partial charge in [0, 0.05) is 0 Å². The zero-order valence-corrected chi connectivity index (χ0v) is 21.1. The average Bonchev–Trinajstić information content (AvgIpc) is 2.70. The summed E-state index contributed by atoms with van der Waals surface area (Å²) in [6.45, 7) is 15.0. The summed E-state index contributed by atoms with van der Waals surface area (Å²) in [4.78, 5) is 0. The molecule has 0 aliphatic heterocycles. The molecule has 0 heterocycles. The van der Waals surface area contributed by atoms with Crippen molar-refractivity contribution in [3.8, 4) is 0 Å². The third kappa shape index (κ3) is 18.3. The van der Waals surface area contributed by atoms with Gasteiger partial charge in [0.25, 0.3) is 0 Å². The Hall–Kier alpha value is 0.250. The van der Waals surface area contributed by atoms with E-state index in [0.717, 1.165) is 0 Å². The second-order valence-electron chi connectivity index (χ2n) is 9.08. The zero-order chi connectivity index (χ0) is 20.1. The number of hydrogen-bond donors (Lipinski definition) is 0. The molecule has 0 aromatic carbocycles. The molecular weight excluding hydrogens is 362 g/mol.